The first-order valence-electron chi connectivity index (χ1n) is 6.40. The molecular formula is C15H18N2O2S. The number of pyridine rings is 1. The zero-order valence-corrected chi connectivity index (χ0v) is 12.6. The molecule has 0 atom stereocenters. The zero-order chi connectivity index (χ0) is 14.8. The highest BCUT2D eigenvalue weighted by Crippen LogP contribution is 2.28. The maximum Gasteiger partial charge on any atom is 0.229 e. The Morgan fingerprint density at radius 2 is 1.75 bits per heavy atom. The summed E-state index contributed by atoms with van der Waals surface area (Å²) in [6, 6.07) is 11.2. The zero-order valence-electron chi connectivity index (χ0n) is 11.8. The summed E-state index contributed by atoms with van der Waals surface area (Å²) in [6.45, 7) is 4.21. The first kappa shape index (κ1) is 14.5. The average Bonchev–Trinajstić information content (AvgIpc) is 2.38. The van der Waals surface area contributed by atoms with Gasteiger partial charge in [0.1, 0.15) is 0 Å². The second-order valence-corrected chi connectivity index (χ2v) is 6.79. The number of benzene rings is 1. The highest BCUT2D eigenvalue weighted by atomic mass is 32.2. The Labute approximate surface area is 119 Å². The number of hydrogen-bond donors (Lipinski definition) is 1. The predicted octanol–water partition coefficient (Wildman–Crippen LogP) is 3.24. The molecule has 0 unspecified atom stereocenters. The minimum absolute atomic E-state index is 0.333. The van der Waals surface area contributed by atoms with Gasteiger partial charge in [0.2, 0.25) is 10.0 Å². The maximum atomic E-state index is 11.2. The molecule has 0 radical (unpaired) electrons. The molecule has 5 heteroatoms. The molecule has 2 aromatic rings. The third-order valence-corrected chi connectivity index (χ3v) is 3.49. The molecule has 1 heterocycles. The summed E-state index contributed by atoms with van der Waals surface area (Å²) >= 11 is 0. The van der Waals surface area contributed by atoms with Crippen molar-refractivity contribution in [1.29, 1.82) is 0 Å². The van der Waals surface area contributed by atoms with E-state index >= 15 is 0 Å². The van der Waals surface area contributed by atoms with Crippen LogP contribution < -0.4 is 4.72 Å². The van der Waals surface area contributed by atoms with Crippen LogP contribution in [0.1, 0.15) is 25.5 Å². The molecule has 106 valence electrons. The molecule has 0 aliphatic carbocycles. The molecule has 0 spiro atoms. The van der Waals surface area contributed by atoms with Gasteiger partial charge in [-0.25, -0.2) is 8.42 Å². The SMILES string of the molecule is CC(C)c1ncccc1-c1ccc(NS(C)(=O)=O)cc1. The molecular weight excluding hydrogens is 272 g/mol. The summed E-state index contributed by atoms with van der Waals surface area (Å²) in [5.74, 6) is 0.333. The number of rotatable bonds is 4. The minimum Gasteiger partial charge on any atom is -0.284 e. The van der Waals surface area contributed by atoms with Gasteiger partial charge >= 0.3 is 0 Å². The standard InChI is InChI=1S/C15H18N2O2S/c1-11(2)15-14(5-4-10-16-15)12-6-8-13(9-7-12)17-20(3,18)19/h4-11,17H,1-3H3. The fourth-order valence-corrected chi connectivity index (χ4v) is 2.62. The summed E-state index contributed by atoms with van der Waals surface area (Å²) < 4.78 is 24.8. The first-order valence-corrected chi connectivity index (χ1v) is 8.29. The Morgan fingerprint density at radius 3 is 2.30 bits per heavy atom. The topological polar surface area (TPSA) is 59.1 Å². The molecule has 2 rings (SSSR count). The number of nitrogens with one attached hydrogen (secondary N) is 1. The van der Waals surface area contributed by atoms with Crippen molar-refractivity contribution in [1.82, 2.24) is 4.98 Å². The van der Waals surface area contributed by atoms with E-state index in [0.29, 0.717) is 11.6 Å². The fraction of sp³-hybridized carbons (Fsp3) is 0.267. The van der Waals surface area contributed by atoms with Crippen molar-refractivity contribution < 1.29 is 8.42 Å². The van der Waals surface area contributed by atoms with E-state index < -0.39 is 10.0 Å². The van der Waals surface area contributed by atoms with Crippen LogP contribution in [0.5, 0.6) is 0 Å². The van der Waals surface area contributed by atoms with Gasteiger partial charge in [-0.15, -0.1) is 0 Å². The lowest BCUT2D eigenvalue weighted by molar-refractivity contribution is 0.607. The van der Waals surface area contributed by atoms with E-state index in [2.05, 4.69) is 23.6 Å². The number of nitrogens with zero attached hydrogens (tertiary/aromatic N) is 1. The van der Waals surface area contributed by atoms with Crippen LogP contribution in [0, 0.1) is 0 Å². The van der Waals surface area contributed by atoms with Crippen LogP contribution in [0.4, 0.5) is 5.69 Å². The lowest BCUT2D eigenvalue weighted by Crippen LogP contribution is -2.09. The second-order valence-electron chi connectivity index (χ2n) is 5.04. The Bertz CT molecular complexity index is 692. The molecule has 0 bridgehead atoms. The molecule has 0 aliphatic heterocycles. The highest BCUT2D eigenvalue weighted by molar-refractivity contribution is 7.92. The number of sulfonamides is 1. The Hall–Kier alpha value is -1.88. The van der Waals surface area contributed by atoms with Gasteiger partial charge in [0.15, 0.2) is 0 Å². The van der Waals surface area contributed by atoms with Crippen molar-refractivity contribution in [3.05, 3.63) is 48.3 Å². The van der Waals surface area contributed by atoms with Crippen LogP contribution in [0.3, 0.4) is 0 Å². The van der Waals surface area contributed by atoms with Crippen molar-refractivity contribution >= 4 is 15.7 Å². The van der Waals surface area contributed by atoms with Crippen LogP contribution in [0.15, 0.2) is 42.6 Å². The molecule has 0 amide bonds. The summed E-state index contributed by atoms with van der Waals surface area (Å²) in [6.07, 6.45) is 2.93. The Morgan fingerprint density at radius 1 is 1.10 bits per heavy atom. The second kappa shape index (κ2) is 5.63. The molecule has 0 fully saturated rings. The lowest BCUT2D eigenvalue weighted by atomic mass is 9.98. The van der Waals surface area contributed by atoms with E-state index in [9.17, 15) is 8.42 Å². The Kier molecular flexibility index (Phi) is 4.09. The summed E-state index contributed by atoms with van der Waals surface area (Å²) in [5, 5.41) is 0. The van der Waals surface area contributed by atoms with Gasteiger partial charge in [-0.1, -0.05) is 32.0 Å². The van der Waals surface area contributed by atoms with Gasteiger partial charge in [0.05, 0.1) is 11.9 Å². The molecule has 0 aliphatic rings. The van der Waals surface area contributed by atoms with Crippen LogP contribution in [0.25, 0.3) is 11.1 Å². The quantitative estimate of drug-likeness (QED) is 0.940. The molecule has 1 N–H and O–H groups in total. The smallest absolute Gasteiger partial charge is 0.229 e. The minimum atomic E-state index is -3.24. The van der Waals surface area contributed by atoms with Crippen molar-refractivity contribution in [2.45, 2.75) is 19.8 Å². The Balaban J connectivity index is 2.36. The first-order chi connectivity index (χ1) is 9.37. The third-order valence-electron chi connectivity index (χ3n) is 2.88. The lowest BCUT2D eigenvalue weighted by Gasteiger charge is -2.12. The van der Waals surface area contributed by atoms with Gasteiger partial charge < -0.3 is 0 Å². The van der Waals surface area contributed by atoms with Crippen molar-refractivity contribution in [3.8, 4) is 11.1 Å². The largest absolute Gasteiger partial charge is 0.284 e. The predicted molar refractivity (Wildman–Crippen MR) is 82.2 cm³/mol. The molecule has 1 aromatic carbocycles. The van der Waals surface area contributed by atoms with E-state index in [-0.39, 0.29) is 0 Å². The molecule has 1 aromatic heterocycles. The molecule has 0 saturated heterocycles. The van der Waals surface area contributed by atoms with Crippen LogP contribution >= 0.6 is 0 Å². The van der Waals surface area contributed by atoms with Gasteiger partial charge in [0, 0.05) is 17.4 Å². The average molecular weight is 290 g/mol. The monoisotopic (exact) mass is 290 g/mol. The molecule has 0 saturated carbocycles. The third kappa shape index (κ3) is 3.57. The highest BCUT2D eigenvalue weighted by Gasteiger charge is 2.09. The van der Waals surface area contributed by atoms with Crippen molar-refractivity contribution in [2.75, 3.05) is 11.0 Å². The van der Waals surface area contributed by atoms with Gasteiger partial charge in [-0.2, -0.15) is 0 Å². The van der Waals surface area contributed by atoms with Gasteiger partial charge in [0.25, 0.3) is 0 Å². The maximum absolute atomic E-state index is 11.2. The molecule has 4 nitrogen and oxygen atoms in total. The van der Waals surface area contributed by atoms with Crippen molar-refractivity contribution in [3.63, 3.8) is 0 Å². The van der Waals surface area contributed by atoms with Gasteiger partial charge in [-0.05, 0) is 29.7 Å². The van der Waals surface area contributed by atoms with Crippen LogP contribution in [0.2, 0.25) is 0 Å². The van der Waals surface area contributed by atoms with Crippen molar-refractivity contribution in [2.24, 2.45) is 0 Å². The summed E-state index contributed by atoms with van der Waals surface area (Å²) in [4.78, 5) is 4.42. The normalized spacial score (nSPS) is 11.6. The van der Waals surface area contributed by atoms with E-state index in [0.717, 1.165) is 23.1 Å². The van der Waals surface area contributed by atoms with E-state index in [1.165, 1.54) is 0 Å². The van der Waals surface area contributed by atoms with E-state index in [4.69, 9.17) is 0 Å². The number of hydrogen-bond acceptors (Lipinski definition) is 3. The summed E-state index contributed by atoms with van der Waals surface area (Å²) in [7, 11) is -3.24. The van der Waals surface area contributed by atoms with Gasteiger partial charge in [-0.3, -0.25) is 9.71 Å². The van der Waals surface area contributed by atoms with E-state index in [1.807, 2.05) is 24.3 Å². The summed E-state index contributed by atoms with van der Waals surface area (Å²) in [5.41, 5.74) is 3.71. The van der Waals surface area contributed by atoms with Crippen LogP contribution in [-0.2, 0) is 10.0 Å². The van der Waals surface area contributed by atoms with Crippen LogP contribution in [-0.4, -0.2) is 19.7 Å². The molecule has 20 heavy (non-hydrogen) atoms. The number of aromatic nitrogens is 1. The van der Waals surface area contributed by atoms with E-state index in [1.54, 1.807) is 18.3 Å². The number of anilines is 1. The fourth-order valence-electron chi connectivity index (χ4n) is 2.05.